The van der Waals surface area contributed by atoms with E-state index in [1.807, 2.05) is 0 Å². The van der Waals surface area contributed by atoms with Crippen LogP contribution in [0.15, 0.2) is 11.1 Å². The summed E-state index contributed by atoms with van der Waals surface area (Å²) in [7, 11) is -11.8. The molecule has 242 valence electrons. The Kier molecular flexibility index (Phi) is 10.3. The second-order valence-corrected chi connectivity index (χ2v) is 12.4. The van der Waals surface area contributed by atoms with Gasteiger partial charge in [0.25, 0.3) is 21.2 Å². The zero-order chi connectivity index (χ0) is 31.9. The number of anilines is 1. The summed E-state index contributed by atoms with van der Waals surface area (Å²) in [6, 6.07) is -1.80. The Balaban J connectivity index is 1.42. The molecule has 0 radical (unpaired) electrons. The number of H-pyrrole nitrogens is 1. The Morgan fingerprint density at radius 2 is 1.81 bits per heavy atom. The Morgan fingerprint density at radius 1 is 1.14 bits per heavy atom. The smallest absolute Gasteiger partial charge is 0.280 e. The van der Waals surface area contributed by atoms with Crippen molar-refractivity contribution in [2.75, 3.05) is 24.7 Å². The highest BCUT2D eigenvalue weighted by Gasteiger charge is 2.48. The van der Waals surface area contributed by atoms with E-state index < -0.39 is 101 Å². The first-order valence-electron chi connectivity index (χ1n) is 12.0. The van der Waals surface area contributed by atoms with Gasteiger partial charge in [-0.25, -0.2) is 9.29 Å². The van der Waals surface area contributed by atoms with Crippen LogP contribution in [0.5, 0.6) is 0 Å². The van der Waals surface area contributed by atoms with E-state index in [0.717, 1.165) is 10.9 Å². The Labute approximate surface area is 245 Å². The van der Waals surface area contributed by atoms with E-state index in [4.69, 9.17) is 15.2 Å². The molecule has 2 aliphatic rings. The number of aromatic nitrogens is 4. The van der Waals surface area contributed by atoms with Gasteiger partial charge in [0.2, 0.25) is 11.9 Å². The lowest BCUT2D eigenvalue weighted by Crippen LogP contribution is -2.64. The average molecular weight is 676 g/mol. The first-order chi connectivity index (χ1) is 20.1. The van der Waals surface area contributed by atoms with E-state index in [9.17, 15) is 54.0 Å². The molecule has 2 aromatic heterocycles. The number of phosphoric acid groups is 2. The summed E-state index contributed by atoms with van der Waals surface area (Å²) in [4.78, 5) is 58.5. The quantitative estimate of drug-likeness (QED) is 0.0790. The zero-order valence-corrected chi connectivity index (χ0v) is 24.1. The highest BCUT2D eigenvalue weighted by Crippen LogP contribution is 2.57. The molecule has 43 heavy (non-hydrogen) atoms. The van der Waals surface area contributed by atoms with Crippen molar-refractivity contribution in [2.24, 2.45) is 0 Å². The number of phosphoric ester groups is 2. The molecule has 0 aliphatic carbocycles. The molecule has 22 nitrogen and oxygen atoms in total. The summed E-state index contributed by atoms with van der Waals surface area (Å²) < 4.78 is 49.4. The first-order valence-corrected chi connectivity index (χ1v) is 15.6. The fourth-order valence-corrected chi connectivity index (χ4v) is 6.42. The molecule has 11 unspecified atom stereocenters. The number of nitrogens with one attached hydrogen (secondary N) is 2. The molecule has 2 fully saturated rings. The van der Waals surface area contributed by atoms with E-state index in [2.05, 4.69) is 46.3 Å². The molecule has 2 saturated heterocycles. The van der Waals surface area contributed by atoms with Gasteiger partial charge in [-0.15, -0.1) is 0 Å². The van der Waals surface area contributed by atoms with E-state index in [-0.39, 0.29) is 17.1 Å². The molecule has 2 aliphatic heterocycles. The normalized spacial score (nSPS) is 34.1. The molecule has 2 aromatic rings. The van der Waals surface area contributed by atoms with Crippen LogP contribution < -0.4 is 26.4 Å². The first kappa shape index (κ1) is 33.8. The molecular weight excluding hydrogens is 650 g/mol. The third-order valence-electron chi connectivity index (χ3n) is 6.24. The van der Waals surface area contributed by atoms with Crippen LogP contribution in [0.2, 0.25) is 0 Å². The van der Waals surface area contributed by atoms with Crippen molar-refractivity contribution in [3.63, 3.8) is 0 Å². The summed E-state index contributed by atoms with van der Waals surface area (Å²) in [5, 5.41) is 52.6. The fraction of sp³-hybridized carbons (Fsp3) is 0.667. The number of imidazole rings is 1. The zero-order valence-electron chi connectivity index (χ0n) is 21.4. The minimum atomic E-state index is -5.97. The van der Waals surface area contributed by atoms with Crippen LogP contribution >= 0.6 is 28.3 Å². The highest BCUT2D eigenvalue weighted by atomic mass is 32.1. The maximum atomic E-state index is 12.4. The van der Waals surface area contributed by atoms with Crippen molar-refractivity contribution in [3.8, 4) is 0 Å². The lowest BCUT2D eigenvalue weighted by atomic mass is 9.97. The van der Waals surface area contributed by atoms with E-state index in [1.54, 1.807) is 0 Å². The standard InChI is InChI=1S/C18H28N6O16P2S/c19-18-22-14-9(15(31)23-18)20-4-24(14)16-13(30)11(28)6(37-16)2-36-41(32,33)40-42(34,35)39-17-8(21-7(26)3-43)12(29)10(27)5(1-25)38-17/h4-6,8,10-13,16-17,25,27-30,43H,1-3H2,(H,21,26)(H,32,33)(H,34,35)(H3,19,22,23,31)/p-2. The molecular formula is C18H26N6O16P2S-2. The molecule has 4 heterocycles. The van der Waals surface area contributed by atoms with Crippen molar-refractivity contribution < 1.29 is 72.1 Å². The largest absolute Gasteiger partial charge is 0.756 e. The molecule has 0 bridgehead atoms. The number of thiol groups is 1. The predicted molar refractivity (Wildman–Crippen MR) is 135 cm³/mol. The van der Waals surface area contributed by atoms with Crippen LogP contribution in [0.25, 0.3) is 11.2 Å². The van der Waals surface area contributed by atoms with Crippen molar-refractivity contribution in [1.82, 2.24) is 24.8 Å². The number of ether oxygens (including phenoxy) is 2. The van der Waals surface area contributed by atoms with Gasteiger partial charge in [-0.2, -0.15) is 17.6 Å². The molecule has 4 rings (SSSR count). The number of carbonyl (C=O) groups excluding carboxylic acids is 1. The van der Waals surface area contributed by atoms with E-state index >= 15 is 0 Å². The van der Waals surface area contributed by atoms with Crippen LogP contribution in [0.1, 0.15) is 6.23 Å². The van der Waals surface area contributed by atoms with Gasteiger partial charge in [0, 0.05) is 0 Å². The monoisotopic (exact) mass is 676 g/mol. The van der Waals surface area contributed by atoms with Crippen molar-refractivity contribution >= 4 is 51.3 Å². The van der Waals surface area contributed by atoms with Gasteiger partial charge in [-0.05, 0) is 0 Å². The number of aromatic amines is 1. The van der Waals surface area contributed by atoms with Crippen molar-refractivity contribution in [3.05, 3.63) is 16.7 Å². The fourth-order valence-electron chi connectivity index (χ4n) is 4.24. The maximum absolute atomic E-state index is 12.4. The van der Waals surface area contributed by atoms with Gasteiger partial charge in [-0.1, -0.05) is 0 Å². The molecule has 11 atom stereocenters. The summed E-state index contributed by atoms with van der Waals surface area (Å²) in [5.41, 5.74) is 4.48. The number of nitrogens with two attached hydrogens (primary N) is 1. The van der Waals surface area contributed by atoms with Gasteiger partial charge in [0.15, 0.2) is 23.7 Å². The Morgan fingerprint density at radius 3 is 2.47 bits per heavy atom. The minimum Gasteiger partial charge on any atom is -0.756 e. The van der Waals surface area contributed by atoms with Gasteiger partial charge in [0.05, 0.1) is 25.3 Å². The summed E-state index contributed by atoms with van der Waals surface area (Å²) in [6.07, 6.45) is -13.2. The topological polar surface area (TPSA) is 346 Å². The number of nitrogens with zero attached hydrogens (tertiary/aromatic N) is 3. The third-order valence-corrected chi connectivity index (χ3v) is 9.06. The minimum absolute atomic E-state index is 0.142. The number of hydrogen-bond donors (Lipinski definition) is 9. The molecule has 25 heteroatoms. The van der Waals surface area contributed by atoms with Crippen molar-refractivity contribution in [1.29, 1.82) is 0 Å². The lowest BCUT2D eigenvalue weighted by Gasteiger charge is -2.44. The van der Waals surface area contributed by atoms with Crippen LogP contribution in [-0.2, 0) is 36.8 Å². The van der Waals surface area contributed by atoms with Crippen LogP contribution in [0.3, 0.4) is 0 Å². The number of amides is 1. The predicted octanol–water partition coefficient (Wildman–Crippen LogP) is -5.84. The molecule has 0 aromatic carbocycles. The van der Waals surface area contributed by atoms with Crippen LogP contribution in [0, 0.1) is 0 Å². The van der Waals surface area contributed by atoms with E-state index in [0.29, 0.717) is 0 Å². The number of nitrogen functional groups attached to an aromatic ring is 1. The number of aliphatic hydroxyl groups excluding tert-OH is 5. The van der Waals surface area contributed by atoms with Gasteiger partial charge >= 0.3 is 0 Å². The third kappa shape index (κ3) is 7.44. The molecule has 0 spiro atoms. The van der Waals surface area contributed by atoms with Gasteiger partial charge in [-0.3, -0.25) is 32.8 Å². The molecule has 9 N–H and O–H groups in total. The highest BCUT2D eigenvalue weighted by molar-refractivity contribution is 7.81. The Hall–Kier alpha value is -2.05. The van der Waals surface area contributed by atoms with Gasteiger partial charge < -0.3 is 60.4 Å². The number of carbonyl (C=O) groups is 1. The summed E-state index contributed by atoms with van der Waals surface area (Å²) >= 11 is 3.71. The Bertz CT molecular complexity index is 1480. The average Bonchev–Trinajstić information content (AvgIpc) is 3.46. The number of hydrogen-bond acceptors (Lipinski definition) is 20. The van der Waals surface area contributed by atoms with Crippen molar-refractivity contribution in [2.45, 2.75) is 55.2 Å². The second kappa shape index (κ2) is 13.1. The lowest BCUT2D eigenvalue weighted by molar-refractivity contribution is -0.285. The van der Waals surface area contributed by atoms with E-state index in [1.165, 1.54) is 0 Å². The maximum Gasteiger partial charge on any atom is 0.280 e. The summed E-state index contributed by atoms with van der Waals surface area (Å²) in [6.45, 7) is -2.04. The summed E-state index contributed by atoms with van der Waals surface area (Å²) in [5.74, 6) is -1.62. The van der Waals surface area contributed by atoms with Crippen LogP contribution in [0.4, 0.5) is 5.95 Å². The SMILES string of the molecule is Nc1nc2c(ncn2C2OC(COP(=O)([O-])OP(=O)([O-])OC3OC(CO)C(O)C(O)C3NC(=O)CS)C(O)C2O)c(=O)[nH]1. The second-order valence-electron chi connectivity index (χ2n) is 9.16. The molecule has 0 saturated carbocycles. The van der Waals surface area contributed by atoms with Crippen LogP contribution in [-0.4, -0.2) is 119 Å². The number of rotatable bonds is 11. The number of fused-ring (bicyclic) bond motifs is 1. The number of aliphatic hydroxyl groups is 5. The van der Waals surface area contributed by atoms with Gasteiger partial charge in [0.1, 0.15) is 42.7 Å². The molecule has 1 amide bonds.